The Morgan fingerprint density at radius 3 is 2.47 bits per heavy atom. The Hall–Kier alpha value is -3.49. The van der Waals surface area contributed by atoms with E-state index >= 15 is 0 Å². The molecule has 34 heavy (non-hydrogen) atoms. The Labute approximate surface area is 202 Å². The summed E-state index contributed by atoms with van der Waals surface area (Å²) in [7, 11) is -0.257. The summed E-state index contributed by atoms with van der Waals surface area (Å²) in [6, 6.07) is 20.2. The number of sulfone groups is 1. The van der Waals surface area contributed by atoms with Gasteiger partial charge in [0, 0.05) is 46.2 Å². The highest BCUT2D eigenvalue weighted by atomic mass is 32.2. The molecule has 0 fully saturated rings. The van der Waals surface area contributed by atoms with Crippen LogP contribution in [0.1, 0.15) is 21.5 Å². The van der Waals surface area contributed by atoms with Crippen LogP contribution in [-0.2, 0) is 22.1 Å². The highest BCUT2D eigenvalue weighted by molar-refractivity contribution is 7.90. The largest absolute Gasteiger partial charge is 0.481 e. The molecule has 0 bridgehead atoms. The van der Waals surface area contributed by atoms with Gasteiger partial charge in [-0.3, -0.25) is 4.79 Å². The van der Waals surface area contributed by atoms with E-state index in [0.29, 0.717) is 18.0 Å². The van der Waals surface area contributed by atoms with Crippen LogP contribution in [0.25, 0.3) is 20.9 Å². The Morgan fingerprint density at radius 2 is 1.74 bits per heavy atom. The molecule has 0 unspecified atom stereocenters. The number of carbonyl (C=O) groups is 1. The first-order valence-corrected chi connectivity index (χ1v) is 13.1. The maximum Gasteiger partial charge on any atom is 0.254 e. The van der Waals surface area contributed by atoms with Gasteiger partial charge in [-0.2, -0.15) is 0 Å². The molecule has 2 aromatic carbocycles. The molecule has 0 aliphatic carbocycles. The lowest BCUT2D eigenvalue weighted by atomic mass is 10.1. The number of pyridine rings is 1. The number of amides is 1. The molecule has 0 atom stereocenters. The third-order valence-corrected chi connectivity index (χ3v) is 8.70. The van der Waals surface area contributed by atoms with Crippen LogP contribution < -0.4 is 4.74 Å². The van der Waals surface area contributed by atoms with Crippen molar-refractivity contribution in [3.63, 3.8) is 0 Å². The van der Waals surface area contributed by atoms with Crippen LogP contribution in [-0.4, -0.2) is 38.4 Å². The highest BCUT2D eigenvalue weighted by Crippen LogP contribution is 2.37. The smallest absolute Gasteiger partial charge is 0.254 e. The molecule has 0 N–H and O–H groups in total. The first-order chi connectivity index (χ1) is 16.4. The number of nitrogens with zero attached hydrogens (tertiary/aromatic N) is 2. The number of ether oxygens (including phenoxy) is 1. The first kappa shape index (κ1) is 22.3. The van der Waals surface area contributed by atoms with E-state index in [0.717, 1.165) is 32.0 Å². The van der Waals surface area contributed by atoms with E-state index < -0.39 is 9.84 Å². The number of hydrogen-bond acceptors (Lipinski definition) is 6. The number of methoxy groups -OCH3 is 1. The number of aromatic nitrogens is 1. The molecule has 1 amide bonds. The van der Waals surface area contributed by atoms with E-state index in [2.05, 4.69) is 11.1 Å². The van der Waals surface area contributed by atoms with Crippen LogP contribution in [0.3, 0.4) is 0 Å². The Bertz CT molecular complexity index is 1490. The van der Waals surface area contributed by atoms with Crippen LogP contribution in [0.4, 0.5) is 0 Å². The molecule has 5 rings (SSSR count). The summed E-state index contributed by atoms with van der Waals surface area (Å²) in [6.07, 6.45) is 1.70. The van der Waals surface area contributed by atoms with Crippen molar-refractivity contribution in [1.82, 2.24) is 9.88 Å². The molecule has 172 valence electrons. The average Bonchev–Trinajstić information content (AvgIpc) is 3.44. The van der Waals surface area contributed by atoms with Crippen LogP contribution >= 0.6 is 11.3 Å². The molecule has 3 heterocycles. The van der Waals surface area contributed by atoms with Gasteiger partial charge in [0.2, 0.25) is 5.88 Å². The molecular formula is C26H22N2O4S2. The van der Waals surface area contributed by atoms with Gasteiger partial charge >= 0.3 is 0 Å². The third kappa shape index (κ3) is 4.10. The van der Waals surface area contributed by atoms with Crippen molar-refractivity contribution in [1.29, 1.82) is 0 Å². The predicted octanol–water partition coefficient (Wildman–Crippen LogP) is 5.05. The summed E-state index contributed by atoms with van der Waals surface area (Å²) < 4.78 is 31.2. The van der Waals surface area contributed by atoms with Crippen LogP contribution in [0.2, 0.25) is 0 Å². The number of fused-ring (bicyclic) bond motifs is 1. The van der Waals surface area contributed by atoms with Crippen molar-refractivity contribution >= 4 is 27.1 Å². The zero-order valence-electron chi connectivity index (χ0n) is 18.7. The van der Waals surface area contributed by atoms with E-state index in [1.165, 1.54) is 7.11 Å². The number of rotatable bonds is 6. The summed E-state index contributed by atoms with van der Waals surface area (Å²) in [5.41, 5.74) is 4.17. The monoisotopic (exact) mass is 490 g/mol. The molecule has 1 aliphatic rings. The third-order valence-electron chi connectivity index (χ3n) is 5.83. The van der Waals surface area contributed by atoms with E-state index in [-0.39, 0.29) is 16.6 Å². The molecule has 0 radical (unpaired) electrons. The number of thiophene rings is 1. The predicted molar refractivity (Wildman–Crippen MR) is 133 cm³/mol. The molecule has 0 spiro atoms. The quantitative estimate of drug-likeness (QED) is 0.378. The topological polar surface area (TPSA) is 76.6 Å². The first-order valence-electron chi connectivity index (χ1n) is 10.7. The maximum absolute atomic E-state index is 12.9. The molecule has 2 aromatic heterocycles. The fourth-order valence-electron chi connectivity index (χ4n) is 4.10. The molecule has 8 heteroatoms. The van der Waals surface area contributed by atoms with Gasteiger partial charge in [-0.05, 0) is 53.6 Å². The van der Waals surface area contributed by atoms with E-state index in [1.54, 1.807) is 59.8 Å². The second-order valence-corrected chi connectivity index (χ2v) is 11.2. The van der Waals surface area contributed by atoms with Crippen molar-refractivity contribution < 1.29 is 17.9 Å². The highest BCUT2D eigenvalue weighted by Gasteiger charge is 2.25. The number of benzene rings is 2. The lowest BCUT2D eigenvalue weighted by Crippen LogP contribution is -2.17. The van der Waals surface area contributed by atoms with Gasteiger partial charge in [-0.1, -0.05) is 24.3 Å². The van der Waals surface area contributed by atoms with Gasteiger partial charge in [0.05, 0.1) is 17.8 Å². The van der Waals surface area contributed by atoms with E-state index in [9.17, 15) is 13.2 Å². The van der Waals surface area contributed by atoms with Gasteiger partial charge in [-0.15, -0.1) is 11.3 Å². The minimum Gasteiger partial charge on any atom is -0.481 e. The lowest BCUT2D eigenvalue weighted by molar-refractivity contribution is 0.0816. The summed E-state index contributed by atoms with van der Waals surface area (Å²) in [4.78, 5) is 20.6. The van der Waals surface area contributed by atoms with Gasteiger partial charge in [0.1, 0.15) is 0 Å². The van der Waals surface area contributed by atoms with Crippen molar-refractivity contribution in [2.24, 2.45) is 0 Å². The minimum atomic E-state index is -3.55. The normalized spacial score (nSPS) is 13.2. The number of hydrogen-bond donors (Lipinski definition) is 0. The van der Waals surface area contributed by atoms with Crippen LogP contribution in [0.5, 0.6) is 5.88 Å². The molecular weight excluding hydrogens is 468 g/mol. The van der Waals surface area contributed by atoms with E-state index in [4.69, 9.17) is 4.74 Å². The Kier molecular flexibility index (Phi) is 5.71. The average molecular weight is 491 g/mol. The number of carbonyl (C=O) groups excluding carboxylic acids is 1. The maximum atomic E-state index is 12.9. The Morgan fingerprint density at radius 1 is 1.00 bits per heavy atom. The SMILES string of the molecule is COc1ncc(-c2ccc(-c3ccc4c(c3)CN(C)C4=O)s2)cc1CS(=O)(=O)c1ccccc1. The summed E-state index contributed by atoms with van der Waals surface area (Å²) >= 11 is 1.59. The van der Waals surface area contributed by atoms with Crippen molar-refractivity contribution in [3.8, 4) is 26.8 Å². The van der Waals surface area contributed by atoms with Crippen LogP contribution in [0.15, 0.2) is 77.8 Å². The molecule has 0 saturated carbocycles. The fourth-order valence-corrected chi connectivity index (χ4v) is 6.44. The molecule has 1 aliphatic heterocycles. The van der Waals surface area contributed by atoms with Crippen LogP contribution in [0, 0.1) is 0 Å². The zero-order chi connectivity index (χ0) is 23.9. The van der Waals surface area contributed by atoms with E-state index in [1.807, 2.05) is 30.3 Å². The fraction of sp³-hybridized carbons (Fsp3) is 0.154. The zero-order valence-corrected chi connectivity index (χ0v) is 20.3. The van der Waals surface area contributed by atoms with Gasteiger partial charge in [0.15, 0.2) is 9.84 Å². The minimum absolute atomic E-state index is 0.0516. The summed E-state index contributed by atoms with van der Waals surface area (Å²) in [5.74, 6) is 0.147. The molecule has 0 saturated heterocycles. The van der Waals surface area contributed by atoms with Crippen molar-refractivity contribution in [3.05, 3.63) is 89.6 Å². The van der Waals surface area contributed by atoms with Crippen molar-refractivity contribution in [2.45, 2.75) is 17.2 Å². The molecule has 4 aromatic rings. The lowest BCUT2D eigenvalue weighted by Gasteiger charge is -2.10. The second kappa shape index (κ2) is 8.70. The summed E-state index contributed by atoms with van der Waals surface area (Å²) in [5, 5.41) is 0. The summed E-state index contributed by atoms with van der Waals surface area (Å²) in [6.45, 7) is 0.613. The van der Waals surface area contributed by atoms with Gasteiger partial charge < -0.3 is 9.64 Å². The standard InChI is InChI=1S/C26H22N2O4S2/c1-28-15-19-12-17(8-9-22(19)26(28)29)23-10-11-24(33-23)18-13-20(25(32-2)27-14-18)16-34(30,31)21-6-4-3-5-7-21/h3-14H,15-16H2,1-2H3. The Balaban J connectivity index is 1.46. The van der Waals surface area contributed by atoms with Gasteiger partial charge in [0.25, 0.3) is 5.91 Å². The molecule has 6 nitrogen and oxygen atoms in total. The van der Waals surface area contributed by atoms with Gasteiger partial charge in [-0.25, -0.2) is 13.4 Å². The van der Waals surface area contributed by atoms with Crippen molar-refractivity contribution in [2.75, 3.05) is 14.2 Å². The second-order valence-electron chi connectivity index (χ2n) is 8.16.